The van der Waals surface area contributed by atoms with E-state index in [9.17, 15) is 0 Å². The third kappa shape index (κ3) is 8.99. The molecule has 2 N–H and O–H groups in total. The molecule has 0 aliphatic rings. The second kappa shape index (κ2) is 12.1. The van der Waals surface area contributed by atoms with Gasteiger partial charge in [-0.15, -0.1) is 0 Å². The van der Waals surface area contributed by atoms with Gasteiger partial charge >= 0.3 is 0 Å². The van der Waals surface area contributed by atoms with Gasteiger partial charge in [-0.3, -0.25) is 9.98 Å². The molecule has 0 radical (unpaired) electrons. The molecule has 0 saturated carbocycles. The molecule has 0 unspecified atom stereocenters. The normalized spacial score (nSPS) is 11.4. The number of hydrogen-bond acceptors (Lipinski definition) is 4. The average molecular weight is 294 g/mol. The lowest BCUT2D eigenvalue weighted by atomic mass is 10.3. The van der Waals surface area contributed by atoms with Crippen LogP contribution in [0.4, 0.5) is 0 Å². The first kappa shape index (κ1) is 17.4. The summed E-state index contributed by atoms with van der Waals surface area (Å²) in [5, 5.41) is 6.50. The molecule has 0 spiro atoms. The van der Waals surface area contributed by atoms with E-state index in [-0.39, 0.29) is 0 Å². The van der Waals surface area contributed by atoms with Gasteiger partial charge in [-0.25, -0.2) is 0 Å². The van der Waals surface area contributed by atoms with Gasteiger partial charge in [0.25, 0.3) is 0 Å². The first-order chi connectivity index (χ1) is 10.4. The van der Waals surface area contributed by atoms with E-state index < -0.39 is 0 Å². The number of pyridine rings is 1. The Morgan fingerprint density at radius 2 is 2.14 bits per heavy atom. The minimum atomic E-state index is 0.597. The van der Waals surface area contributed by atoms with Crippen molar-refractivity contribution in [3.63, 3.8) is 0 Å². The molecule has 6 nitrogen and oxygen atoms in total. The Morgan fingerprint density at radius 3 is 2.86 bits per heavy atom. The zero-order valence-electron chi connectivity index (χ0n) is 13.0. The lowest BCUT2D eigenvalue weighted by molar-refractivity contribution is 0.0748. The predicted molar refractivity (Wildman–Crippen MR) is 84.6 cm³/mol. The molecule has 0 aliphatic heterocycles. The van der Waals surface area contributed by atoms with Gasteiger partial charge in [0.1, 0.15) is 0 Å². The Morgan fingerprint density at radius 1 is 1.24 bits per heavy atom. The molecule has 0 aromatic carbocycles. The molecule has 0 atom stereocenters. The van der Waals surface area contributed by atoms with E-state index >= 15 is 0 Å². The second-order valence-corrected chi connectivity index (χ2v) is 4.36. The summed E-state index contributed by atoms with van der Waals surface area (Å²) < 4.78 is 10.3. The van der Waals surface area contributed by atoms with Crippen molar-refractivity contribution in [2.45, 2.75) is 13.3 Å². The standard InChI is InChI=1S/C15H26N4O2/c1-3-16-15(19-10-11-21-13-12-20-2)18-9-7-14-6-4-5-8-17-14/h4-6,8H,3,7,9-13H2,1-2H3,(H2,16,18,19). The van der Waals surface area contributed by atoms with E-state index in [1.807, 2.05) is 31.3 Å². The van der Waals surface area contributed by atoms with E-state index in [0.717, 1.165) is 31.2 Å². The monoisotopic (exact) mass is 294 g/mol. The SMILES string of the molecule is CCNC(=NCCOCCOC)NCCc1ccccn1. The number of nitrogens with one attached hydrogen (secondary N) is 2. The molecule has 1 aromatic rings. The molecular weight excluding hydrogens is 268 g/mol. The highest BCUT2D eigenvalue weighted by Gasteiger charge is 1.98. The predicted octanol–water partition coefficient (Wildman–Crippen LogP) is 0.842. The third-order valence-electron chi connectivity index (χ3n) is 2.68. The smallest absolute Gasteiger partial charge is 0.191 e. The van der Waals surface area contributed by atoms with E-state index in [4.69, 9.17) is 9.47 Å². The van der Waals surface area contributed by atoms with Gasteiger partial charge in [0.05, 0.1) is 26.4 Å². The van der Waals surface area contributed by atoms with Crippen molar-refractivity contribution in [3.8, 4) is 0 Å². The van der Waals surface area contributed by atoms with E-state index in [0.29, 0.717) is 26.4 Å². The van der Waals surface area contributed by atoms with Crippen LogP contribution in [0.3, 0.4) is 0 Å². The molecule has 21 heavy (non-hydrogen) atoms. The Kier molecular flexibility index (Phi) is 10.0. The molecule has 0 saturated heterocycles. The van der Waals surface area contributed by atoms with Crippen LogP contribution in [0.2, 0.25) is 0 Å². The summed E-state index contributed by atoms with van der Waals surface area (Å²) in [6.45, 7) is 6.13. The molecule has 1 heterocycles. The molecule has 1 aromatic heterocycles. The molecule has 0 fully saturated rings. The van der Waals surface area contributed by atoms with Crippen LogP contribution in [0.1, 0.15) is 12.6 Å². The van der Waals surface area contributed by atoms with Gasteiger partial charge in [-0.05, 0) is 19.1 Å². The van der Waals surface area contributed by atoms with Crippen LogP contribution >= 0.6 is 0 Å². The second-order valence-electron chi connectivity index (χ2n) is 4.36. The molecule has 1 rings (SSSR count). The van der Waals surface area contributed by atoms with Crippen LogP contribution < -0.4 is 10.6 Å². The minimum Gasteiger partial charge on any atom is -0.382 e. The lowest BCUT2D eigenvalue weighted by Gasteiger charge is -2.11. The highest BCUT2D eigenvalue weighted by molar-refractivity contribution is 5.79. The number of aromatic nitrogens is 1. The van der Waals surface area contributed by atoms with Crippen LogP contribution in [-0.2, 0) is 15.9 Å². The third-order valence-corrected chi connectivity index (χ3v) is 2.68. The molecule has 0 aliphatic carbocycles. The summed E-state index contributed by atoms with van der Waals surface area (Å²) >= 11 is 0. The molecular formula is C15H26N4O2. The fraction of sp³-hybridized carbons (Fsp3) is 0.600. The number of rotatable bonds is 10. The zero-order valence-corrected chi connectivity index (χ0v) is 13.0. The first-order valence-corrected chi connectivity index (χ1v) is 7.35. The van der Waals surface area contributed by atoms with Crippen molar-refractivity contribution in [1.82, 2.24) is 15.6 Å². The fourth-order valence-electron chi connectivity index (χ4n) is 1.66. The van der Waals surface area contributed by atoms with Crippen molar-refractivity contribution < 1.29 is 9.47 Å². The summed E-state index contributed by atoms with van der Waals surface area (Å²) in [7, 11) is 1.66. The first-order valence-electron chi connectivity index (χ1n) is 7.35. The van der Waals surface area contributed by atoms with Gasteiger partial charge < -0.3 is 20.1 Å². The maximum atomic E-state index is 5.38. The Hall–Kier alpha value is -1.66. The Balaban J connectivity index is 2.22. The van der Waals surface area contributed by atoms with Crippen LogP contribution in [0.5, 0.6) is 0 Å². The Bertz CT molecular complexity index is 385. The average Bonchev–Trinajstić information content (AvgIpc) is 2.51. The van der Waals surface area contributed by atoms with Crippen molar-refractivity contribution in [2.75, 3.05) is 46.6 Å². The number of nitrogens with zero attached hydrogens (tertiary/aromatic N) is 2. The van der Waals surface area contributed by atoms with Crippen molar-refractivity contribution in [2.24, 2.45) is 4.99 Å². The summed E-state index contributed by atoms with van der Waals surface area (Å²) in [6, 6.07) is 5.94. The zero-order chi connectivity index (χ0) is 15.2. The topological polar surface area (TPSA) is 67.8 Å². The Labute approximate surface area is 127 Å². The molecule has 0 amide bonds. The van der Waals surface area contributed by atoms with Crippen molar-refractivity contribution in [1.29, 1.82) is 0 Å². The van der Waals surface area contributed by atoms with E-state index in [2.05, 4.69) is 20.6 Å². The molecule has 0 bridgehead atoms. The molecule has 118 valence electrons. The van der Waals surface area contributed by atoms with Crippen LogP contribution in [0.15, 0.2) is 29.4 Å². The largest absolute Gasteiger partial charge is 0.382 e. The van der Waals surface area contributed by atoms with Gasteiger partial charge in [0.15, 0.2) is 5.96 Å². The quantitative estimate of drug-likeness (QED) is 0.380. The number of aliphatic imine (C=N–C) groups is 1. The highest BCUT2D eigenvalue weighted by atomic mass is 16.5. The van der Waals surface area contributed by atoms with Gasteiger partial charge in [0.2, 0.25) is 0 Å². The van der Waals surface area contributed by atoms with Gasteiger partial charge in [-0.1, -0.05) is 6.07 Å². The number of guanidine groups is 1. The van der Waals surface area contributed by atoms with Crippen LogP contribution in [-0.4, -0.2) is 57.5 Å². The maximum absolute atomic E-state index is 5.38. The summed E-state index contributed by atoms with van der Waals surface area (Å²) in [6.07, 6.45) is 2.68. The van der Waals surface area contributed by atoms with Gasteiger partial charge in [0, 0.05) is 38.5 Å². The number of hydrogen-bond donors (Lipinski definition) is 2. The van der Waals surface area contributed by atoms with E-state index in [1.165, 1.54) is 0 Å². The van der Waals surface area contributed by atoms with Crippen LogP contribution in [0.25, 0.3) is 0 Å². The highest BCUT2D eigenvalue weighted by Crippen LogP contribution is 1.93. The number of ether oxygens (including phenoxy) is 2. The maximum Gasteiger partial charge on any atom is 0.191 e. The molecule has 6 heteroatoms. The summed E-state index contributed by atoms with van der Waals surface area (Å²) in [4.78, 5) is 8.74. The van der Waals surface area contributed by atoms with Gasteiger partial charge in [-0.2, -0.15) is 0 Å². The number of methoxy groups -OCH3 is 1. The van der Waals surface area contributed by atoms with E-state index in [1.54, 1.807) is 7.11 Å². The van der Waals surface area contributed by atoms with Crippen molar-refractivity contribution >= 4 is 5.96 Å². The summed E-state index contributed by atoms with van der Waals surface area (Å²) in [5.74, 6) is 0.809. The summed E-state index contributed by atoms with van der Waals surface area (Å²) in [5.41, 5.74) is 1.07. The van der Waals surface area contributed by atoms with Crippen molar-refractivity contribution in [3.05, 3.63) is 30.1 Å². The minimum absolute atomic E-state index is 0.597. The van der Waals surface area contributed by atoms with Crippen LogP contribution in [0, 0.1) is 0 Å². The lowest BCUT2D eigenvalue weighted by Crippen LogP contribution is -2.38. The fourth-order valence-corrected chi connectivity index (χ4v) is 1.66.